The molecule has 2 fully saturated rings. The maximum Gasteiger partial charge on any atom is 0.314 e. The minimum atomic E-state index is -0.319. The summed E-state index contributed by atoms with van der Waals surface area (Å²) in [7, 11) is 0. The number of thiazole rings is 1. The van der Waals surface area contributed by atoms with Crippen molar-refractivity contribution < 1.29 is 13.9 Å². The zero-order chi connectivity index (χ0) is 20.9. The summed E-state index contributed by atoms with van der Waals surface area (Å²) >= 11 is 1.54. The van der Waals surface area contributed by atoms with Gasteiger partial charge < -0.3 is 19.8 Å². The van der Waals surface area contributed by atoms with Crippen molar-refractivity contribution in [1.82, 2.24) is 14.8 Å². The number of furan rings is 1. The van der Waals surface area contributed by atoms with E-state index in [0.29, 0.717) is 30.4 Å². The maximum absolute atomic E-state index is 11.6. The SMILES string of the molecule is NC(=O)N1CC2CC[C@H](C1)N2Cc1cc2cc(Oc3nc4ccccc4s3)ccc2o1. The number of amides is 2. The Labute approximate surface area is 183 Å². The van der Waals surface area contributed by atoms with E-state index in [2.05, 4.69) is 16.0 Å². The van der Waals surface area contributed by atoms with Crippen LogP contribution < -0.4 is 10.5 Å². The second-order valence-corrected chi connectivity index (χ2v) is 9.26. The third kappa shape index (κ3) is 3.41. The van der Waals surface area contributed by atoms with Gasteiger partial charge in [0.1, 0.15) is 17.1 Å². The number of rotatable bonds is 4. The fourth-order valence-corrected chi connectivity index (χ4v) is 5.66. The molecule has 8 heteroatoms. The van der Waals surface area contributed by atoms with E-state index in [-0.39, 0.29) is 6.03 Å². The molecule has 2 atom stereocenters. The molecule has 7 nitrogen and oxygen atoms in total. The predicted molar refractivity (Wildman–Crippen MR) is 119 cm³/mol. The van der Waals surface area contributed by atoms with Crippen LogP contribution in [0.4, 0.5) is 4.79 Å². The average molecular weight is 435 g/mol. The minimum Gasteiger partial charge on any atom is -0.460 e. The monoisotopic (exact) mass is 434 g/mol. The Morgan fingerprint density at radius 2 is 1.97 bits per heavy atom. The summed E-state index contributed by atoms with van der Waals surface area (Å²) in [5.41, 5.74) is 7.28. The quantitative estimate of drug-likeness (QED) is 0.509. The number of nitrogens with zero attached hydrogens (tertiary/aromatic N) is 3. The Bertz CT molecular complexity index is 1240. The van der Waals surface area contributed by atoms with Crippen LogP contribution in [0.2, 0.25) is 0 Å². The van der Waals surface area contributed by atoms with Gasteiger partial charge in [0.15, 0.2) is 0 Å². The Hall–Kier alpha value is -3.10. The number of piperazine rings is 1. The molecular weight excluding hydrogens is 412 g/mol. The highest BCUT2D eigenvalue weighted by Crippen LogP contribution is 2.35. The molecule has 2 aromatic carbocycles. The van der Waals surface area contributed by atoms with Gasteiger partial charge in [-0.25, -0.2) is 9.78 Å². The molecule has 31 heavy (non-hydrogen) atoms. The van der Waals surface area contributed by atoms with Gasteiger partial charge in [0.2, 0.25) is 0 Å². The van der Waals surface area contributed by atoms with Crippen LogP contribution in [-0.2, 0) is 6.54 Å². The molecule has 2 amide bonds. The molecular formula is C23H22N4O3S. The highest BCUT2D eigenvalue weighted by atomic mass is 32.1. The summed E-state index contributed by atoms with van der Waals surface area (Å²) < 4.78 is 13.2. The number of carbonyl (C=O) groups excluding carboxylic acids is 1. The van der Waals surface area contributed by atoms with E-state index in [1.54, 1.807) is 4.90 Å². The highest BCUT2D eigenvalue weighted by molar-refractivity contribution is 7.20. The Morgan fingerprint density at radius 1 is 1.16 bits per heavy atom. The smallest absolute Gasteiger partial charge is 0.314 e. The van der Waals surface area contributed by atoms with Crippen molar-refractivity contribution in [2.45, 2.75) is 31.5 Å². The predicted octanol–water partition coefficient (Wildman–Crippen LogP) is 4.56. The number of para-hydroxylation sites is 1. The van der Waals surface area contributed by atoms with Crippen molar-refractivity contribution in [3.05, 3.63) is 54.3 Å². The molecule has 4 aromatic rings. The molecule has 1 unspecified atom stereocenters. The van der Waals surface area contributed by atoms with E-state index in [9.17, 15) is 4.79 Å². The topological polar surface area (TPSA) is 84.8 Å². The van der Waals surface area contributed by atoms with Crippen molar-refractivity contribution in [2.24, 2.45) is 5.73 Å². The van der Waals surface area contributed by atoms with Crippen molar-refractivity contribution in [1.29, 1.82) is 0 Å². The van der Waals surface area contributed by atoms with Gasteiger partial charge in [0.25, 0.3) is 5.19 Å². The van der Waals surface area contributed by atoms with Gasteiger partial charge in [-0.2, -0.15) is 0 Å². The molecule has 0 saturated carbocycles. The molecule has 2 aliphatic heterocycles. The first-order chi connectivity index (χ1) is 15.1. The molecule has 2 aromatic heterocycles. The molecule has 6 rings (SSSR count). The van der Waals surface area contributed by atoms with E-state index >= 15 is 0 Å². The molecule has 2 saturated heterocycles. The number of hydrogen-bond acceptors (Lipinski definition) is 6. The first-order valence-corrected chi connectivity index (χ1v) is 11.3. The number of carbonyl (C=O) groups is 1. The lowest BCUT2D eigenvalue weighted by atomic mass is 10.2. The fourth-order valence-electron chi connectivity index (χ4n) is 4.82. The molecule has 0 aliphatic carbocycles. The largest absolute Gasteiger partial charge is 0.460 e. The Kier molecular flexibility index (Phi) is 4.36. The molecule has 0 radical (unpaired) electrons. The summed E-state index contributed by atoms with van der Waals surface area (Å²) in [5, 5.41) is 1.64. The van der Waals surface area contributed by atoms with Crippen molar-refractivity contribution in [2.75, 3.05) is 13.1 Å². The van der Waals surface area contributed by atoms with Crippen LogP contribution in [0, 0.1) is 0 Å². The number of fused-ring (bicyclic) bond motifs is 4. The van der Waals surface area contributed by atoms with Crippen LogP contribution >= 0.6 is 11.3 Å². The number of primary amides is 1. The van der Waals surface area contributed by atoms with E-state index in [1.807, 2.05) is 42.5 Å². The van der Waals surface area contributed by atoms with Crippen LogP contribution in [0.25, 0.3) is 21.2 Å². The molecule has 4 heterocycles. The van der Waals surface area contributed by atoms with Crippen molar-refractivity contribution in [3.63, 3.8) is 0 Å². The first kappa shape index (κ1) is 18.7. The van der Waals surface area contributed by atoms with Crippen LogP contribution in [-0.4, -0.2) is 46.0 Å². The van der Waals surface area contributed by atoms with Crippen LogP contribution in [0.3, 0.4) is 0 Å². The zero-order valence-corrected chi connectivity index (χ0v) is 17.7. The zero-order valence-electron chi connectivity index (χ0n) is 16.9. The fraction of sp³-hybridized carbons (Fsp3) is 0.304. The standard InChI is InChI=1S/C23H22N4O3S/c24-22(28)26-11-15-5-6-16(12-26)27(15)13-18-10-14-9-17(7-8-20(14)29-18)30-23-25-19-3-1-2-4-21(19)31-23/h1-4,7-10,15-16H,5-6,11-13H2,(H2,24,28)/t15-,16?/m1/s1. The summed E-state index contributed by atoms with van der Waals surface area (Å²) in [5.74, 6) is 1.67. The van der Waals surface area contributed by atoms with Crippen molar-refractivity contribution in [3.8, 4) is 10.9 Å². The molecule has 0 spiro atoms. The normalized spacial score (nSPS) is 21.2. The number of benzene rings is 2. The lowest BCUT2D eigenvalue weighted by Crippen LogP contribution is -2.56. The Morgan fingerprint density at radius 3 is 2.74 bits per heavy atom. The second-order valence-electron chi connectivity index (χ2n) is 8.26. The molecule has 2 aliphatic rings. The highest BCUT2D eigenvalue weighted by Gasteiger charge is 2.41. The van der Waals surface area contributed by atoms with Crippen LogP contribution in [0.15, 0.2) is 52.9 Å². The summed E-state index contributed by atoms with van der Waals surface area (Å²) in [4.78, 5) is 20.3. The van der Waals surface area contributed by atoms with E-state index in [4.69, 9.17) is 14.9 Å². The van der Waals surface area contributed by atoms with Crippen LogP contribution in [0.5, 0.6) is 10.9 Å². The summed E-state index contributed by atoms with van der Waals surface area (Å²) in [6.07, 6.45) is 2.18. The van der Waals surface area contributed by atoms with Crippen LogP contribution in [0.1, 0.15) is 18.6 Å². The number of nitrogens with two attached hydrogens (primary N) is 1. The molecule has 158 valence electrons. The third-order valence-corrected chi connectivity index (χ3v) is 7.22. The van der Waals surface area contributed by atoms with E-state index in [0.717, 1.165) is 52.1 Å². The number of ether oxygens (including phenoxy) is 1. The van der Waals surface area contributed by atoms with Gasteiger partial charge in [0.05, 0.1) is 16.8 Å². The van der Waals surface area contributed by atoms with Gasteiger partial charge >= 0.3 is 6.03 Å². The number of urea groups is 1. The maximum atomic E-state index is 11.6. The third-order valence-electron chi connectivity index (χ3n) is 6.30. The summed E-state index contributed by atoms with van der Waals surface area (Å²) in [6.45, 7) is 2.14. The minimum absolute atomic E-state index is 0.319. The number of hydrogen-bond donors (Lipinski definition) is 1. The van der Waals surface area contributed by atoms with Crippen molar-refractivity contribution >= 4 is 38.6 Å². The van der Waals surface area contributed by atoms with Gasteiger partial charge in [-0.3, -0.25) is 4.90 Å². The Balaban J connectivity index is 1.20. The molecule has 2 N–H and O–H groups in total. The number of aromatic nitrogens is 1. The average Bonchev–Trinajstić information content (AvgIpc) is 3.40. The lowest BCUT2D eigenvalue weighted by molar-refractivity contribution is 0.0747. The first-order valence-electron chi connectivity index (χ1n) is 10.5. The van der Waals surface area contributed by atoms with Gasteiger partial charge in [-0.1, -0.05) is 23.5 Å². The van der Waals surface area contributed by atoms with Gasteiger partial charge in [-0.05, 0) is 49.2 Å². The lowest BCUT2D eigenvalue weighted by Gasteiger charge is -2.39. The van der Waals surface area contributed by atoms with E-state index < -0.39 is 0 Å². The summed E-state index contributed by atoms with van der Waals surface area (Å²) in [6, 6.07) is 16.3. The second kappa shape index (κ2) is 7.25. The van der Waals surface area contributed by atoms with Gasteiger partial charge in [-0.15, -0.1) is 0 Å². The van der Waals surface area contributed by atoms with Gasteiger partial charge in [0, 0.05) is 30.6 Å². The molecule has 2 bridgehead atoms. The number of likely N-dealkylation sites (tertiary alicyclic amines) is 1. The van der Waals surface area contributed by atoms with E-state index in [1.165, 1.54) is 11.3 Å².